The fourth-order valence-electron chi connectivity index (χ4n) is 2.80. The van der Waals surface area contributed by atoms with Gasteiger partial charge in [-0.15, -0.1) is 22.7 Å². The molecule has 27 heavy (non-hydrogen) atoms. The largest absolute Gasteiger partial charge is 0.479 e. The van der Waals surface area contributed by atoms with Crippen LogP contribution in [0.4, 0.5) is 10.0 Å². The Morgan fingerprint density at radius 1 is 1.11 bits per heavy atom. The number of methoxy groups -OCH3 is 1. The molecule has 0 fully saturated rings. The first-order valence-electron chi connectivity index (χ1n) is 8.23. The molecule has 8 heteroatoms. The summed E-state index contributed by atoms with van der Waals surface area (Å²) in [7, 11) is 1.40. The Morgan fingerprint density at radius 2 is 1.74 bits per heavy atom. The minimum atomic E-state index is -0.969. The highest BCUT2D eigenvalue weighted by molar-refractivity contribution is 7.17. The SMILES string of the molecule is COC(Cc1ccc(OCN2c3sccc3Oc3ccsc32)cc1)C(=O)O. The zero-order valence-corrected chi connectivity index (χ0v) is 16.1. The van der Waals surface area contributed by atoms with Crippen LogP contribution in [0.5, 0.6) is 17.2 Å². The second-order valence-corrected chi connectivity index (χ2v) is 7.68. The molecule has 0 spiro atoms. The summed E-state index contributed by atoms with van der Waals surface area (Å²) in [6.07, 6.45) is -0.535. The number of nitrogens with zero attached hydrogens (tertiary/aromatic N) is 1. The Bertz CT molecular complexity index is 893. The third kappa shape index (κ3) is 3.64. The average molecular weight is 403 g/mol. The molecule has 1 aliphatic heterocycles. The van der Waals surface area contributed by atoms with Crippen LogP contribution >= 0.6 is 22.7 Å². The predicted molar refractivity (Wildman–Crippen MR) is 105 cm³/mol. The van der Waals surface area contributed by atoms with Crippen molar-refractivity contribution in [2.45, 2.75) is 12.5 Å². The van der Waals surface area contributed by atoms with Crippen molar-refractivity contribution >= 4 is 38.6 Å². The van der Waals surface area contributed by atoms with Crippen LogP contribution in [0.3, 0.4) is 0 Å². The van der Waals surface area contributed by atoms with E-state index in [1.54, 1.807) is 22.7 Å². The van der Waals surface area contributed by atoms with Gasteiger partial charge < -0.3 is 19.3 Å². The molecule has 0 amide bonds. The van der Waals surface area contributed by atoms with Crippen molar-refractivity contribution in [3.05, 3.63) is 52.7 Å². The van der Waals surface area contributed by atoms with Crippen LogP contribution in [0, 0.1) is 0 Å². The van der Waals surface area contributed by atoms with Crippen molar-refractivity contribution in [2.75, 3.05) is 18.7 Å². The van der Waals surface area contributed by atoms with Crippen LogP contribution in [0.25, 0.3) is 0 Å². The first kappa shape index (κ1) is 17.8. The highest BCUT2D eigenvalue weighted by atomic mass is 32.1. The van der Waals surface area contributed by atoms with Gasteiger partial charge in [0.05, 0.1) is 0 Å². The molecule has 1 atom stereocenters. The second kappa shape index (κ2) is 7.59. The van der Waals surface area contributed by atoms with Gasteiger partial charge in [-0.1, -0.05) is 12.1 Å². The van der Waals surface area contributed by atoms with Crippen LogP contribution < -0.4 is 14.4 Å². The molecule has 6 nitrogen and oxygen atoms in total. The molecule has 1 N–H and O–H groups in total. The molecule has 0 aliphatic carbocycles. The lowest BCUT2D eigenvalue weighted by molar-refractivity contribution is -0.148. The molecule has 140 valence electrons. The summed E-state index contributed by atoms with van der Waals surface area (Å²) in [5.41, 5.74) is 0.879. The van der Waals surface area contributed by atoms with Gasteiger partial charge in [0.1, 0.15) is 15.8 Å². The molecule has 0 bridgehead atoms. The summed E-state index contributed by atoms with van der Waals surface area (Å²) >= 11 is 3.22. The third-order valence-electron chi connectivity index (χ3n) is 4.19. The minimum absolute atomic E-state index is 0.312. The van der Waals surface area contributed by atoms with Crippen LogP contribution in [-0.4, -0.2) is 31.0 Å². The topological polar surface area (TPSA) is 68.2 Å². The van der Waals surface area contributed by atoms with Crippen LogP contribution in [0.2, 0.25) is 0 Å². The standard InChI is InChI=1S/C19H17NO5S2/c1-23-16(19(21)22)10-12-2-4-13(5-3-12)24-11-20-17-14(6-8-26-17)25-15-7-9-27-18(15)20/h2-9,16H,10-11H2,1H3,(H,21,22). The number of fused-ring (bicyclic) bond motifs is 2. The van der Waals surface area contributed by atoms with Gasteiger partial charge in [-0.05, 0) is 40.6 Å². The number of benzene rings is 1. The van der Waals surface area contributed by atoms with Crippen molar-refractivity contribution in [1.29, 1.82) is 0 Å². The lowest BCUT2D eigenvalue weighted by Crippen LogP contribution is -2.25. The molecule has 3 heterocycles. The summed E-state index contributed by atoms with van der Waals surface area (Å²) in [5.74, 6) is 1.42. The molecular formula is C19H17NO5S2. The zero-order valence-electron chi connectivity index (χ0n) is 14.5. The smallest absolute Gasteiger partial charge is 0.333 e. The number of carboxylic acids is 1. The van der Waals surface area contributed by atoms with Gasteiger partial charge in [0.2, 0.25) is 0 Å². The normalized spacial score (nSPS) is 13.4. The fraction of sp³-hybridized carbons (Fsp3) is 0.211. The number of rotatable bonds is 7. The van der Waals surface area contributed by atoms with E-state index in [9.17, 15) is 4.79 Å². The summed E-state index contributed by atoms with van der Waals surface area (Å²) in [4.78, 5) is 13.2. The molecular weight excluding hydrogens is 386 g/mol. The average Bonchev–Trinajstić information content (AvgIpc) is 3.32. The molecule has 0 saturated carbocycles. The highest BCUT2D eigenvalue weighted by Crippen LogP contribution is 2.51. The van der Waals surface area contributed by atoms with Crippen molar-refractivity contribution in [2.24, 2.45) is 0 Å². The summed E-state index contributed by atoms with van der Waals surface area (Å²) in [6.45, 7) is 0.361. The Balaban J connectivity index is 1.44. The second-order valence-electron chi connectivity index (χ2n) is 5.89. The number of hydrogen-bond donors (Lipinski definition) is 1. The molecule has 0 saturated heterocycles. The number of hydrogen-bond acceptors (Lipinski definition) is 7. The van der Waals surface area contributed by atoms with Gasteiger partial charge in [-0.3, -0.25) is 4.90 Å². The van der Waals surface area contributed by atoms with Crippen molar-refractivity contribution in [3.8, 4) is 17.2 Å². The van der Waals surface area contributed by atoms with Gasteiger partial charge in [-0.25, -0.2) is 4.79 Å². The van der Waals surface area contributed by atoms with Gasteiger partial charge in [0, 0.05) is 13.5 Å². The molecule has 0 radical (unpaired) electrons. The molecule has 1 aromatic carbocycles. The van der Waals surface area contributed by atoms with Crippen LogP contribution in [-0.2, 0) is 16.0 Å². The van der Waals surface area contributed by atoms with Crippen molar-refractivity contribution < 1.29 is 24.1 Å². The summed E-state index contributed by atoms with van der Waals surface area (Å²) < 4.78 is 16.8. The molecule has 2 aromatic heterocycles. The lowest BCUT2D eigenvalue weighted by Gasteiger charge is -2.27. The molecule has 4 rings (SSSR count). The number of ether oxygens (including phenoxy) is 3. The Hall–Kier alpha value is -2.55. The highest BCUT2D eigenvalue weighted by Gasteiger charge is 2.27. The predicted octanol–water partition coefficient (Wildman–Crippen LogP) is 4.73. The summed E-state index contributed by atoms with van der Waals surface area (Å²) in [6, 6.07) is 11.3. The van der Waals surface area contributed by atoms with E-state index in [4.69, 9.17) is 19.3 Å². The van der Waals surface area contributed by atoms with E-state index < -0.39 is 12.1 Å². The number of aliphatic carboxylic acids is 1. The fourth-order valence-corrected chi connectivity index (χ4v) is 4.50. The first-order valence-corrected chi connectivity index (χ1v) is 9.99. The molecule has 1 unspecified atom stereocenters. The van der Waals surface area contributed by atoms with E-state index in [0.29, 0.717) is 18.9 Å². The quantitative estimate of drug-likeness (QED) is 0.615. The van der Waals surface area contributed by atoms with E-state index in [1.165, 1.54) is 7.11 Å². The van der Waals surface area contributed by atoms with E-state index in [2.05, 4.69) is 4.90 Å². The van der Waals surface area contributed by atoms with Gasteiger partial charge in [-0.2, -0.15) is 0 Å². The first-order chi connectivity index (χ1) is 13.2. The number of carboxylic acid groups (broad SMARTS) is 1. The Labute approximate surface area is 164 Å². The van der Waals surface area contributed by atoms with Gasteiger partial charge in [0.15, 0.2) is 24.3 Å². The number of anilines is 2. The van der Waals surface area contributed by atoms with E-state index >= 15 is 0 Å². The van der Waals surface area contributed by atoms with E-state index in [-0.39, 0.29) is 0 Å². The minimum Gasteiger partial charge on any atom is -0.479 e. The molecule has 3 aromatic rings. The summed E-state index contributed by atoms with van der Waals surface area (Å²) in [5, 5.41) is 15.1. The van der Waals surface area contributed by atoms with Crippen molar-refractivity contribution in [1.82, 2.24) is 0 Å². The lowest BCUT2D eigenvalue weighted by atomic mass is 10.1. The van der Waals surface area contributed by atoms with Crippen LogP contribution in [0.1, 0.15) is 5.56 Å². The maximum atomic E-state index is 11.1. The monoisotopic (exact) mass is 403 g/mol. The zero-order chi connectivity index (χ0) is 18.8. The maximum Gasteiger partial charge on any atom is 0.333 e. The van der Waals surface area contributed by atoms with E-state index in [0.717, 1.165) is 27.1 Å². The number of carbonyl (C=O) groups is 1. The third-order valence-corrected chi connectivity index (χ3v) is 6.03. The molecule has 1 aliphatic rings. The van der Waals surface area contributed by atoms with Crippen LogP contribution in [0.15, 0.2) is 47.2 Å². The van der Waals surface area contributed by atoms with Crippen molar-refractivity contribution in [3.63, 3.8) is 0 Å². The van der Waals surface area contributed by atoms with Gasteiger partial charge in [0.25, 0.3) is 0 Å². The van der Waals surface area contributed by atoms with E-state index in [1.807, 2.05) is 47.2 Å². The Morgan fingerprint density at radius 3 is 2.30 bits per heavy atom. The van der Waals surface area contributed by atoms with Gasteiger partial charge >= 0.3 is 5.97 Å². The maximum absolute atomic E-state index is 11.1. The number of thiophene rings is 2. The Kier molecular flexibility index (Phi) is 5.02.